The molecule has 0 aliphatic heterocycles. The van der Waals surface area contributed by atoms with Crippen LogP contribution in [0.15, 0.2) is 61.4 Å². The SMILES string of the molecule is C=CCOc1ccccc1CNn1cccc1. The van der Waals surface area contributed by atoms with Crippen LogP contribution in [-0.4, -0.2) is 11.3 Å². The molecule has 1 N–H and O–H groups in total. The third kappa shape index (κ3) is 3.14. The highest BCUT2D eigenvalue weighted by atomic mass is 16.5. The van der Waals surface area contributed by atoms with E-state index in [2.05, 4.69) is 18.1 Å². The molecule has 0 saturated carbocycles. The smallest absolute Gasteiger partial charge is 0.124 e. The number of nitrogens with one attached hydrogen (secondary N) is 1. The Morgan fingerprint density at radius 2 is 1.94 bits per heavy atom. The normalized spacial score (nSPS) is 9.88. The minimum Gasteiger partial charge on any atom is -0.489 e. The van der Waals surface area contributed by atoms with Crippen LogP contribution in [0.3, 0.4) is 0 Å². The van der Waals surface area contributed by atoms with Gasteiger partial charge in [-0.2, -0.15) is 0 Å². The monoisotopic (exact) mass is 228 g/mol. The van der Waals surface area contributed by atoms with Crippen LogP contribution in [0, 0.1) is 0 Å². The van der Waals surface area contributed by atoms with Gasteiger partial charge in [0, 0.05) is 18.0 Å². The molecule has 0 aliphatic rings. The first-order chi connectivity index (χ1) is 8.40. The fraction of sp³-hybridized carbons (Fsp3) is 0.143. The van der Waals surface area contributed by atoms with Gasteiger partial charge in [-0.05, 0) is 18.2 Å². The highest BCUT2D eigenvalue weighted by Crippen LogP contribution is 2.17. The quantitative estimate of drug-likeness (QED) is 0.769. The van der Waals surface area contributed by atoms with Gasteiger partial charge in [0.1, 0.15) is 12.4 Å². The molecule has 0 unspecified atom stereocenters. The summed E-state index contributed by atoms with van der Waals surface area (Å²) in [6, 6.07) is 12.0. The third-order valence-electron chi connectivity index (χ3n) is 2.39. The molecule has 0 bridgehead atoms. The van der Waals surface area contributed by atoms with Gasteiger partial charge in [-0.15, -0.1) is 0 Å². The van der Waals surface area contributed by atoms with E-state index in [9.17, 15) is 0 Å². The van der Waals surface area contributed by atoms with Crippen molar-refractivity contribution in [3.63, 3.8) is 0 Å². The van der Waals surface area contributed by atoms with Crippen molar-refractivity contribution in [3.8, 4) is 5.75 Å². The lowest BCUT2D eigenvalue weighted by Gasteiger charge is -2.12. The first-order valence-electron chi connectivity index (χ1n) is 5.58. The average Bonchev–Trinajstić information content (AvgIpc) is 2.88. The van der Waals surface area contributed by atoms with Crippen molar-refractivity contribution in [3.05, 3.63) is 67.0 Å². The summed E-state index contributed by atoms with van der Waals surface area (Å²) in [5, 5.41) is 0. The van der Waals surface area contributed by atoms with Gasteiger partial charge < -0.3 is 10.2 Å². The van der Waals surface area contributed by atoms with Crippen molar-refractivity contribution >= 4 is 0 Å². The second-order valence-electron chi connectivity index (χ2n) is 3.63. The highest BCUT2D eigenvalue weighted by Gasteiger charge is 2.01. The first-order valence-corrected chi connectivity index (χ1v) is 5.58. The zero-order chi connectivity index (χ0) is 11.9. The molecule has 17 heavy (non-hydrogen) atoms. The van der Waals surface area contributed by atoms with Crippen LogP contribution >= 0.6 is 0 Å². The number of benzene rings is 1. The summed E-state index contributed by atoms with van der Waals surface area (Å²) in [5.74, 6) is 0.895. The van der Waals surface area contributed by atoms with Crippen LogP contribution in [0.2, 0.25) is 0 Å². The van der Waals surface area contributed by atoms with E-state index in [0.717, 1.165) is 17.9 Å². The Hall–Kier alpha value is -2.16. The predicted octanol–water partition coefficient (Wildman–Crippen LogP) is 2.80. The summed E-state index contributed by atoms with van der Waals surface area (Å²) >= 11 is 0. The van der Waals surface area contributed by atoms with E-state index in [1.54, 1.807) is 6.08 Å². The second-order valence-corrected chi connectivity index (χ2v) is 3.63. The minimum atomic E-state index is 0.528. The van der Waals surface area contributed by atoms with Crippen molar-refractivity contribution in [1.29, 1.82) is 0 Å². The van der Waals surface area contributed by atoms with Crippen LogP contribution < -0.4 is 10.2 Å². The van der Waals surface area contributed by atoms with Gasteiger partial charge >= 0.3 is 0 Å². The van der Waals surface area contributed by atoms with Crippen LogP contribution in [-0.2, 0) is 6.54 Å². The molecule has 0 spiro atoms. The van der Waals surface area contributed by atoms with Crippen LogP contribution in [0.4, 0.5) is 0 Å². The van der Waals surface area contributed by atoms with Gasteiger partial charge in [0.25, 0.3) is 0 Å². The lowest BCUT2D eigenvalue weighted by Crippen LogP contribution is -2.12. The molecule has 1 heterocycles. The zero-order valence-electron chi connectivity index (χ0n) is 9.67. The Kier molecular flexibility index (Phi) is 3.86. The largest absolute Gasteiger partial charge is 0.489 e. The van der Waals surface area contributed by atoms with Crippen LogP contribution in [0.1, 0.15) is 5.56 Å². The molecule has 88 valence electrons. The lowest BCUT2D eigenvalue weighted by atomic mass is 10.2. The summed E-state index contributed by atoms with van der Waals surface area (Å²) in [5.41, 5.74) is 4.40. The van der Waals surface area contributed by atoms with Gasteiger partial charge in [-0.3, -0.25) is 4.68 Å². The summed E-state index contributed by atoms with van der Waals surface area (Å²) in [7, 11) is 0. The molecule has 1 aromatic heterocycles. The van der Waals surface area contributed by atoms with Crippen molar-refractivity contribution in [2.75, 3.05) is 12.0 Å². The summed E-state index contributed by atoms with van der Waals surface area (Å²) in [6.07, 6.45) is 5.68. The maximum atomic E-state index is 5.59. The van der Waals surface area contributed by atoms with Crippen molar-refractivity contribution in [2.45, 2.75) is 6.54 Å². The lowest BCUT2D eigenvalue weighted by molar-refractivity contribution is 0.359. The molecule has 3 nitrogen and oxygen atoms in total. The van der Waals surface area contributed by atoms with E-state index in [-0.39, 0.29) is 0 Å². The van der Waals surface area contributed by atoms with Gasteiger partial charge in [0.15, 0.2) is 0 Å². The molecule has 0 atom stereocenters. The maximum Gasteiger partial charge on any atom is 0.124 e. The predicted molar refractivity (Wildman–Crippen MR) is 69.6 cm³/mol. The number of nitrogens with zero attached hydrogens (tertiary/aromatic N) is 1. The molecule has 0 fully saturated rings. The number of ether oxygens (including phenoxy) is 1. The van der Waals surface area contributed by atoms with Gasteiger partial charge in [0.05, 0.1) is 6.54 Å². The Morgan fingerprint density at radius 3 is 2.71 bits per heavy atom. The molecule has 1 aromatic carbocycles. The number of para-hydroxylation sites is 1. The minimum absolute atomic E-state index is 0.528. The maximum absolute atomic E-state index is 5.59. The first kappa shape index (κ1) is 11.3. The number of hydrogen-bond acceptors (Lipinski definition) is 2. The molecule has 3 heteroatoms. The topological polar surface area (TPSA) is 26.2 Å². The van der Waals surface area contributed by atoms with Crippen molar-refractivity contribution in [1.82, 2.24) is 4.68 Å². The zero-order valence-corrected chi connectivity index (χ0v) is 9.67. The van der Waals surface area contributed by atoms with E-state index in [1.165, 1.54) is 0 Å². The molecular weight excluding hydrogens is 212 g/mol. The molecule has 0 amide bonds. The average molecular weight is 228 g/mol. The summed E-state index contributed by atoms with van der Waals surface area (Å²) in [6.45, 7) is 4.90. The Morgan fingerprint density at radius 1 is 1.18 bits per heavy atom. The number of hydrogen-bond donors (Lipinski definition) is 1. The fourth-order valence-electron chi connectivity index (χ4n) is 1.56. The molecule has 2 rings (SSSR count). The number of rotatable bonds is 6. The standard InChI is InChI=1S/C14H16N2O/c1-2-11-17-14-8-4-3-7-13(14)12-15-16-9-5-6-10-16/h2-10,15H,1,11-12H2. The van der Waals surface area contributed by atoms with Crippen LogP contribution in [0.25, 0.3) is 0 Å². The Labute approximate surface area is 101 Å². The summed E-state index contributed by atoms with van der Waals surface area (Å²) < 4.78 is 7.51. The Balaban J connectivity index is 2.01. The van der Waals surface area contributed by atoms with Crippen molar-refractivity contribution in [2.24, 2.45) is 0 Å². The molecule has 0 radical (unpaired) electrons. The molecular formula is C14H16N2O. The van der Waals surface area contributed by atoms with E-state index in [4.69, 9.17) is 4.74 Å². The molecule has 0 saturated heterocycles. The van der Waals surface area contributed by atoms with E-state index < -0.39 is 0 Å². The van der Waals surface area contributed by atoms with Gasteiger partial charge in [-0.25, -0.2) is 0 Å². The van der Waals surface area contributed by atoms with Gasteiger partial charge in [0.2, 0.25) is 0 Å². The van der Waals surface area contributed by atoms with E-state index in [0.29, 0.717) is 6.61 Å². The molecule has 2 aromatic rings. The third-order valence-corrected chi connectivity index (χ3v) is 2.39. The number of aromatic nitrogens is 1. The molecule has 0 aliphatic carbocycles. The van der Waals surface area contributed by atoms with Crippen LogP contribution in [0.5, 0.6) is 5.75 Å². The fourth-order valence-corrected chi connectivity index (χ4v) is 1.56. The van der Waals surface area contributed by atoms with E-state index >= 15 is 0 Å². The summed E-state index contributed by atoms with van der Waals surface area (Å²) in [4.78, 5) is 0. The van der Waals surface area contributed by atoms with Crippen molar-refractivity contribution < 1.29 is 4.74 Å². The van der Waals surface area contributed by atoms with Gasteiger partial charge in [-0.1, -0.05) is 30.9 Å². The second kappa shape index (κ2) is 5.80. The Bertz CT molecular complexity index is 463. The highest BCUT2D eigenvalue weighted by molar-refractivity contribution is 5.34. The van der Waals surface area contributed by atoms with E-state index in [1.807, 2.05) is 47.4 Å².